The summed E-state index contributed by atoms with van der Waals surface area (Å²) in [6.45, 7) is 3.22. The maximum Gasteiger partial charge on any atom is 0.258 e. The van der Waals surface area contributed by atoms with Crippen LogP contribution in [0.3, 0.4) is 0 Å². The number of rotatable bonds is 10. The molecule has 28 heavy (non-hydrogen) atoms. The smallest absolute Gasteiger partial charge is 0.258 e. The second kappa shape index (κ2) is 9.91. The standard InChI is InChI=1S/C19H21N5O4/c1-2-26-16-7-9-17(10-8-16)27-12-11-20-19(25)13-28-18-5-3-15(4-6-18)24-14-21-22-23-24/h3-10,14H,2,11-13H2,1H3,(H,20,25). The van der Waals surface area contributed by atoms with Gasteiger partial charge in [-0.05, 0) is 65.9 Å². The Labute approximate surface area is 162 Å². The highest BCUT2D eigenvalue weighted by molar-refractivity contribution is 5.77. The molecule has 0 spiro atoms. The number of ether oxygens (including phenoxy) is 3. The monoisotopic (exact) mass is 383 g/mol. The first-order chi connectivity index (χ1) is 13.7. The van der Waals surface area contributed by atoms with Crippen molar-refractivity contribution in [2.24, 2.45) is 0 Å². The molecule has 9 heteroatoms. The predicted octanol–water partition coefficient (Wildman–Crippen LogP) is 1.63. The molecule has 2 aromatic carbocycles. The molecule has 1 aromatic heterocycles. The van der Waals surface area contributed by atoms with E-state index < -0.39 is 0 Å². The van der Waals surface area contributed by atoms with Crippen LogP contribution in [0.4, 0.5) is 0 Å². The van der Waals surface area contributed by atoms with Crippen LogP contribution in [0, 0.1) is 0 Å². The van der Waals surface area contributed by atoms with Gasteiger partial charge in [0.25, 0.3) is 5.91 Å². The zero-order valence-corrected chi connectivity index (χ0v) is 15.4. The van der Waals surface area contributed by atoms with Crippen LogP contribution >= 0.6 is 0 Å². The molecule has 0 radical (unpaired) electrons. The summed E-state index contributed by atoms with van der Waals surface area (Å²) in [6, 6.07) is 14.4. The molecule has 0 aliphatic carbocycles. The van der Waals surface area contributed by atoms with Gasteiger partial charge in [-0.1, -0.05) is 0 Å². The number of amides is 1. The molecular weight excluding hydrogens is 362 g/mol. The average molecular weight is 383 g/mol. The van der Waals surface area contributed by atoms with Crippen LogP contribution in [-0.4, -0.2) is 52.5 Å². The van der Waals surface area contributed by atoms with E-state index in [0.717, 1.165) is 17.2 Å². The minimum atomic E-state index is -0.222. The summed E-state index contributed by atoms with van der Waals surface area (Å²) < 4.78 is 17.9. The van der Waals surface area contributed by atoms with E-state index in [2.05, 4.69) is 20.8 Å². The molecule has 0 aliphatic rings. The third-order valence-corrected chi connectivity index (χ3v) is 3.65. The first kappa shape index (κ1) is 19.2. The highest BCUT2D eigenvalue weighted by Crippen LogP contribution is 2.17. The van der Waals surface area contributed by atoms with Gasteiger partial charge in [-0.2, -0.15) is 0 Å². The first-order valence-electron chi connectivity index (χ1n) is 8.83. The average Bonchev–Trinajstić information content (AvgIpc) is 3.26. The second-order valence-corrected chi connectivity index (χ2v) is 5.64. The molecule has 1 amide bonds. The number of aromatic nitrogens is 4. The van der Waals surface area contributed by atoms with Gasteiger partial charge in [-0.3, -0.25) is 4.79 Å². The Morgan fingerprint density at radius 1 is 0.964 bits per heavy atom. The van der Waals surface area contributed by atoms with Crippen molar-refractivity contribution < 1.29 is 19.0 Å². The first-order valence-corrected chi connectivity index (χ1v) is 8.83. The van der Waals surface area contributed by atoms with E-state index in [9.17, 15) is 4.79 Å². The van der Waals surface area contributed by atoms with Crippen molar-refractivity contribution in [1.29, 1.82) is 0 Å². The number of hydrogen-bond donors (Lipinski definition) is 1. The zero-order valence-electron chi connectivity index (χ0n) is 15.4. The third kappa shape index (κ3) is 5.70. The molecule has 0 bridgehead atoms. The summed E-state index contributed by atoms with van der Waals surface area (Å²) in [7, 11) is 0. The molecular formula is C19H21N5O4. The lowest BCUT2D eigenvalue weighted by molar-refractivity contribution is -0.123. The van der Waals surface area contributed by atoms with E-state index in [4.69, 9.17) is 14.2 Å². The lowest BCUT2D eigenvalue weighted by Crippen LogP contribution is -2.32. The number of carbonyl (C=O) groups excluding carboxylic acids is 1. The van der Waals surface area contributed by atoms with Crippen molar-refractivity contribution >= 4 is 5.91 Å². The van der Waals surface area contributed by atoms with Crippen molar-refractivity contribution in [2.75, 3.05) is 26.4 Å². The van der Waals surface area contributed by atoms with Crippen LogP contribution in [0.2, 0.25) is 0 Å². The van der Waals surface area contributed by atoms with Gasteiger partial charge < -0.3 is 19.5 Å². The van der Waals surface area contributed by atoms with Gasteiger partial charge in [-0.15, -0.1) is 5.10 Å². The molecule has 3 rings (SSSR count). The highest BCUT2D eigenvalue weighted by atomic mass is 16.5. The largest absolute Gasteiger partial charge is 0.494 e. The van der Waals surface area contributed by atoms with Gasteiger partial charge >= 0.3 is 0 Å². The molecule has 0 saturated heterocycles. The summed E-state index contributed by atoms with van der Waals surface area (Å²) >= 11 is 0. The minimum Gasteiger partial charge on any atom is -0.494 e. The summed E-state index contributed by atoms with van der Waals surface area (Å²) in [6.07, 6.45) is 1.50. The van der Waals surface area contributed by atoms with E-state index in [-0.39, 0.29) is 12.5 Å². The van der Waals surface area contributed by atoms with Gasteiger partial charge in [0.2, 0.25) is 0 Å². The predicted molar refractivity (Wildman–Crippen MR) is 101 cm³/mol. The van der Waals surface area contributed by atoms with Gasteiger partial charge in [0.1, 0.15) is 30.2 Å². The zero-order chi connectivity index (χ0) is 19.6. The van der Waals surface area contributed by atoms with Gasteiger partial charge in [-0.25, -0.2) is 4.68 Å². The van der Waals surface area contributed by atoms with Crippen LogP contribution in [-0.2, 0) is 4.79 Å². The lowest BCUT2D eigenvalue weighted by atomic mass is 10.3. The summed E-state index contributed by atoms with van der Waals surface area (Å²) in [5.74, 6) is 1.88. The van der Waals surface area contributed by atoms with Gasteiger partial charge in [0.15, 0.2) is 6.61 Å². The van der Waals surface area contributed by atoms with E-state index in [1.807, 2.05) is 31.2 Å². The molecule has 1 N–H and O–H groups in total. The van der Waals surface area contributed by atoms with Crippen molar-refractivity contribution in [3.8, 4) is 22.9 Å². The molecule has 146 valence electrons. The van der Waals surface area contributed by atoms with E-state index in [0.29, 0.717) is 25.5 Å². The normalized spacial score (nSPS) is 10.3. The molecule has 9 nitrogen and oxygen atoms in total. The summed E-state index contributed by atoms with van der Waals surface area (Å²) in [5, 5.41) is 13.7. The van der Waals surface area contributed by atoms with Crippen molar-refractivity contribution in [3.05, 3.63) is 54.9 Å². The fraction of sp³-hybridized carbons (Fsp3) is 0.263. The maximum atomic E-state index is 11.9. The quantitative estimate of drug-likeness (QED) is 0.531. The fourth-order valence-corrected chi connectivity index (χ4v) is 2.33. The number of nitrogens with one attached hydrogen (secondary N) is 1. The SMILES string of the molecule is CCOc1ccc(OCCNC(=O)COc2ccc(-n3cnnn3)cc2)cc1. The second-order valence-electron chi connectivity index (χ2n) is 5.64. The summed E-state index contributed by atoms with van der Waals surface area (Å²) in [4.78, 5) is 11.9. The molecule has 1 heterocycles. The number of tetrazole rings is 1. The molecule has 0 atom stereocenters. The molecule has 0 aliphatic heterocycles. The van der Waals surface area contributed by atoms with Crippen LogP contribution in [0.15, 0.2) is 54.9 Å². The Hall–Kier alpha value is -3.62. The Bertz CT molecular complexity index is 851. The number of benzene rings is 2. The Morgan fingerprint density at radius 2 is 1.61 bits per heavy atom. The van der Waals surface area contributed by atoms with Crippen LogP contribution in [0.25, 0.3) is 5.69 Å². The molecule has 0 unspecified atom stereocenters. The molecule has 0 saturated carbocycles. The lowest BCUT2D eigenvalue weighted by Gasteiger charge is -2.10. The molecule has 3 aromatic rings. The van der Waals surface area contributed by atoms with E-state index in [1.54, 1.807) is 24.3 Å². The topological polar surface area (TPSA) is 100 Å². The van der Waals surface area contributed by atoms with Gasteiger partial charge in [0.05, 0.1) is 18.8 Å². The van der Waals surface area contributed by atoms with Gasteiger partial charge in [0, 0.05) is 0 Å². The molecule has 0 fully saturated rings. The van der Waals surface area contributed by atoms with Crippen LogP contribution in [0.1, 0.15) is 6.92 Å². The van der Waals surface area contributed by atoms with E-state index in [1.165, 1.54) is 11.0 Å². The van der Waals surface area contributed by atoms with Crippen LogP contribution < -0.4 is 19.5 Å². The van der Waals surface area contributed by atoms with Crippen molar-refractivity contribution in [3.63, 3.8) is 0 Å². The summed E-state index contributed by atoms with van der Waals surface area (Å²) in [5.41, 5.74) is 0.799. The van der Waals surface area contributed by atoms with Crippen molar-refractivity contribution in [2.45, 2.75) is 6.92 Å². The number of hydrogen-bond acceptors (Lipinski definition) is 7. The Balaban J connectivity index is 1.33. The van der Waals surface area contributed by atoms with Crippen molar-refractivity contribution in [1.82, 2.24) is 25.5 Å². The number of carbonyl (C=O) groups is 1. The van der Waals surface area contributed by atoms with Crippen LogP contribution in [0.5, 0.6) is 17.2 Å². The Kier molecular flexibility index (Phi) is 6.78. The van der Waals surface area contributed by atoms with E-state index >= 15 is 0 Å². The Morgan fingerprint density at radius 3 is 2.25 bits per heavy atom. The number of nitrogens with zero attached hydrogens (tertiary/aromatic N) is 4. The maximum absolute atomic E-state index is 11.9. The highest BCUT2D eigenvalue weighted by Gasteiger charge is 2.04. The fourth-order valence-electron chi connectivity index (χ4n) is 2.33. The third-order valence-electron chi connectivity index (χ3n) is 3.65. The minimum absolute atomic E-state index is 0.0761.